The van der Waals surface area contributed by atoms with Crippen LogP contribution in [0.1, 0.15) is 12.5 Å². The molecule has 3 N–H and O–H groups in total. The molecule has 0 bridgehead atoms. The maximum Gasteiger partial charge on any atom is 0.0779 e. The number of rotatable bonds is 4. The van der Waals surface area contributed by atoms with Crippen molar-refractivity contribution in [1.29, 1.82) is 0 Å². The van der Waals surface area contributed by atoms with Gasteiger partial charge in [-0.2, -0.15) is 0 Å². The van der Waals surface area contributed by atoms with Gasteiger partial charge in [0.15, 0.2) is 0 Å². The van der Waals surface area contributed by atoms with Crippen LogP contribution in [-0.4, -0.2) is 18.6 Å². The molecule has 0 saturated heterocycles. The summed E-state index contributed by atoms with van der Waals surface area (Å²) in [6.07, 6.45) is 1.69. The largest absolute Gasteiger partial charge is 0.396 e. The molecule has 0 radical (unpaired) electrons. The Hall–Kier alpha value is -1.81. The van der Waals surface area contributed by atoms with E-state index in [4.69, 9.17) is 10.5 Å². The first-order valence-corrected chi connectivity index (χ1v) is 5.66. The molecule has 4 nitrogen and oxygen atoms in total. The van der Waals surface area contributed by atoms with Gasteiger partial charge in [0.25, 0.3) is 0 Å². The fourth-order valence-electron chi connectivity index (χ4n) is 1.95. The van der Waals surface area contributed by atoms with Crippen LogP contribution in [0.3, 0.4) is 0 Å². The molecule has 0 aliphatic heterocycles. The molecule has 0 unspecified atom stereocenters. The number of nitrogens with zero attached hydrogens (tertiary/aromatic N) is 1. The monoisotopic (exact) mass is 231 g/mol. The lowest BCUT2D eigenvalue weighted by molar-refractivity contribution is 0.186. The molecule has 0 atom stereocenters. The number of ether oxygens (including phenoxy) is 1. The van der Waals surface area contributed by atoms with Gasteiger partial charge in [0.1, 0.15) is 0 Å². The Morgan fingerprint density at radius 2 is 2.24 bits per heavy atom. The number of hydrogen-bond donors (Lipinski definition) is 2. The SMILES string of the molecule is CCNc1c(N)cnc2c(COC)cccc12. The Morgan fingerprint density at radius 3 is 2.94 bits per heavy atom. The van der Waals surface area contributed by atoms with Gasteiger partial charge in [0, 0.05) is 24.6 Å². The fraction of sp³-hybridized carbons (Fsp3) is 0.308. The van der Waals surface area contributed by atoms with E-state index >= 15 is 0 Å². The van der Waals surface area contributed by atoms with Gasteiger partial charge in [-0.1, -0.05) is 18.2 Å². The highest BCUT2D eigenvalue weighted by Crippen LogP contribution is 2.29. The summed E-state index contributed by atoms with van der Waals surface area (Å²) in [5.41, 5.74) is 9.59. The van der Waals surface area contributed by atoms with E-state index in [2.05, 4.69) is 10.3 Å². The summed E-state index contributed by atoms with van der Waals surface area (Å²) in [6.45, 7) is 3.43. The Morgan fingerprint density at radius 1 is 1.41 bits per heavy atom. The Labute approximate surface area is 101 Å². The van der Waals surface area contributed by atoms with Crippen LogP contribution in [-0.2, 0) is 11.3 Å². The molecule has 0 fully saturated rings. The van der Waals surface area contributed by atoms with Crippen molar-refractivity contribution in [1.82, 2.24) is 4.98 Å². The van der Waals surface area contributed by atoms with Gasteiger partial charge >= 0.3 is 0 Å². The number of hydrogen-bond acceptors (Lipinski definition) is 4. The summed E-state index contributed by atoms with van der Waals surface area (Å²) in [7, 11) is 1.68. The second-order valence-electron chi connectivity index (χ2n) is 3.87. The zero-order valence-corrected chi connectivity index (χ0v) is 10.2. The predicted molar refractivity (Wildman–Crippen MR) is 71.0 cm³/mol. The molecule has 1 heterocycles. The van der Waals surface area contributed by atoms with Crippen molar-refractivity contribution >= 4 is 22.3 Å². The van der Waals surface area contributed by atoms with Gasteiger partial charge in [-0.15, -0.1) is 0 Å². The Bertz CT molecular complexity index is 525. The van der Waals surface area contributed by atoms with Crippen LogP contribution in [0, 0.1) is 0 Å². The first-order chi connectivity index (χ1) is 8.27. The molecular formula is C13H17N3O. The third kappa shape index (κ3) is 2.17. The molecule has 2 aromatic rings. The molecule has 17 heavy (non-hydrogen) atoms. The number of pyridine rings is 1. The number of nitrogens with one attached hydrogen (secondary N) is 1. The van der Waals surface area contributed by atoms with E-state index in [1.807, 2.05) is 25.1 Å². The fourth-order valence-corrected chi connectivity index (χ4v) is 1.95. The van der Waals surface area contributed by atoms with Crippen LogP contribution in [0.5, 0.6) is 0 Å². The van der Waals surface area contributed by atoms with Gasteiger partial charge in [0.05, 0.1) is 29.7 Å². The van der Waals surface area contributed by atoms with E-state index in [9.17, 15) is 0 Å². The molecular weight excluding hydrogens is 214 g/mol. The number of para-hydroxylation sites is 1. The third-order valence-corrected chi connectivity index (χ3v) is 2.66. The molecule has 1 aromatic heterocycles. The van der Waals surface area contributed by atoms with Crippen molar-refractivity contribution in [2.75, 3.05) is 24.7 Å². The highest BCUT2D eigenvalue weighted by atomic mass is 16.5. The van der Waals surface area contributed by atoms with E-state index in [0.29, 0.717) is 12.3 Å². The van der Waals surface area contributed by atoms with Gasteiger partial charge in [-0.25, -0.2) is 0 Å². The van der Waals surface area contributed by atoms with E-state index in [0.717, 1.165) is 28.7 Å². The number of methoxy groups -OCH3 is 1. The minimum absolute atomic E-state index is 0.555. The molecule has 0 spiro atoms. The summed E-state index contributed by atoms with van der Waals surface area (Å²) in [4.78, 5) is 4.40. The van der Waals surface area contributed by atoms with Crippen LogP contribution in [0.4, 0.5) is 11.4 Å². The highest BCUT2D eigenvalue weighted by molar-refractivity contribution is 5.98. The highest BCUT2D eigenvalue weighted by Gasteiger charge is 2.08. The van der Waals surface area contributed by atoms with E-state index in [1.165, 1.54) is 0 Å². The number of anilines is 2. The van der Waals surface area contributed by atoms with Gasteiger partial charge in [0.2, 0.25) is 0 Å². The number of benzene rings is 1. The maximum absolute atomic E-state index is 5.94. The van der Waals surface area contributed by atoms with Crippen LogP contribution in [0.15, 0.2) is 24.4 Å². The van der Waals surface area contributed by atoms with Crippen molar-refractivity contribution in [2.24, 2.45) is 0 Å². The third-order valence-electron chi connectivity index (χ3n) is 2.66. The molecule has 2 rings (SSSR count). The van der Waals surface area contributed by atoms with Gasteiger partial charge in [-0.05, 0) is 6.92 Å². The molecule has 1 aromatic carbocycles. The summed E-state index contributed by atoms with van der Waals surface area (Å²) < 4.78 is 5.17. The zero-order chi connectivity index (χ0) is 12.3. The quantitative estimate of drug-likeness (QED) is 0.848. The number of nitrogen functional groups attached to an aromatic ring is 1. The zero-order valence-electron chi connectivity index (χ0n) is 10.2. The first-order valence-electron chi connectivity index (χ1n) is 5.66. The van der Waals surface area contributed by atoms with Crippen LogP contribution >= 0.6 is 0 Å². The lowest BCUT2D eigenvalue weighted by Crippen LogP contribution is -2.03. The lowest BCUT2D eigenvalue weighted by atomic mass is 10.1. The molecule has 90 valence electrons. The molecule has 0 aliphatic carbocycles. The van der Waals surface area contributed by atoms with Crippen molar-refractivity contribution in [3.05, 3.63) is 30.0 Å². The van der Waals surface area contributed by atoms with E-state index in [-0.39, 0.29) is 0 Å². The topological polar surface area (TPSA) is 60.2 Å². The Kier molecular flexibility index (Phi) is 3.44. The van der Waals surface area contributed by atoms with Crippen LogP contribution in [0.25, 0.3) is 10.9 Å². The van der Waals surface area contributed by atoms with Gasteiger partial charge in [-0.3, -0.25) is 4.98 Å². The van der Waals surface area contributed by atoms with Crippen LogP contribution < -0.4 is 11.1 Å². The average Bonchev–Trinajstić information content (AvgIpc) is 2.34. The first kappa shape index (κ1) is 11.7. The van der Waals surface area contributed by atoms with Crippen LogP contribution in [0.2, 0.25) is 0 Å². The smallest absolute Gasteiger partial charge is 0.0779 e. The minimum Gasteiger partial charge on any atom is -0.396 e. The van der Waals surface area contributed by atoms with E-state index in [1.54, 1.807) is 13.3 Å². The molecule has 0 amide bonds. The Balaban J connectivity index is 2.64. The van der Waals surface area contributed by atoms with Crippen molar-refractivity contribution < 1.29 is 4.74 Å². The summed E-state index contributed by atoms with van der Waals surface area (Å²) in [5, 5.41) is 4.33. The maximum atomic E-state index is 5.94. The normalized spacial score (nSPS) is 10.7. The summed E-state index contributed by atoms with van der Waals surface area (Å²) in [6, 6.07) is 6.04. The number of aromatic nitrogens is 1. The molecule has 0 aliphatic rings. The average molecular weight is 231 g/mol. The second kappa shape index (κ2) is 5.01. The standard InChI is InChI=1S/C13H17N3O/c1-3-15-13-10-6-4-5-9(8-17-2)12(10)16-7-11(13)14/h4-7H,3,8,14H2,1-2H3,(H,15,16). The number of nitrogens with two attached hydrogens (primary N) is 1. The second-order valence-corrected chi connectivity index (χ2v) is 3.87. The minimum atomic E-state index is 0.555. The van der Waals surface area contributed by atoms with E-state index < -0.39 is 0 Å². The van der Waals surface area contributed by atoms with Crippen molar-refractivity contribution in [3.63, 3.8) is 0 Å². The van der Waals surface area contributed by atoms with Crippen molar-refractivity contribution in [3.8, 4) is 0 Å². The molecule has 0 saturated carbocycles. The molecule has 4 heteroatoms. The summed E-state index contributed by atoms with van der Waals surface area (Å²) in [5.74, 6) is 0. The predicted octanol–water partition coefficient (Wildman–Crippen LogP) is 2.40. The van der Waals surface area contributed by atoms with Crippen molar-refractivity contribution in [2.45, 2.75) is 13.5 Å². The summed E-state index contributed by atoms with van der Waals surface area (Å²) >= 11 is 0. The number of fused-ring (bicyclic) bond motifs is 1. The van der Waals surface area contributed by atoms with Gasteiger partial charge < -0.3 is 15.8 Å². The lowest BCUT2D eigenvalue weighted by Gasteiger charge is -2.12.